The number of nitrogens with one attached hydrogen (secondary N) is 1. The van der Waals surface area contributed by atoms with E-state index in [-0.39, 0.29) is 24.2 Å². The molecule has 21 heavy (non-hydrogen) atoms. The minimum Gasteiger partial charge on any atom is -0.550 e. The highest BCUT2D eigenvalue weighted by Gasteiger charge is 2.18. The van der Waals surface area contributed by atoms with E-state index in [0.29, 0.717) is 13.2 Å². The van der Waals surface area contributed by atoms with Gasteiger partial charge in [-0.05, 0) is 23.5 Å². The summed E-state index contributed by atoms with van der Waals surface area (Å²) in [4.78, 5) is 21.6. The molecule has 116 valence electrons. The average molecular weight is 292 g/mol. The van der Waals surface area contributed by atoms with E-state index in [2.05, 4.69) is 26.1 Å². The first-order chi connectivity index (χ1) is 9.80. The van der Waals surface area contributed by atoms with E-state index in [1.54, 1.807) is 0 Å². The van der Waals surface area contributed by atoms with E-state index in [1.807, 2.05) is 24.3 Å². The zero-order valence-corrected chi connectivity index (χ0v) is 12.8. The Morgan fingerprint density at radius 3 is 2.48 bits per heavy atom. The molecular weight excluding hydrogens is 270 g/mol. The molecule has 0 aliphatic rings. The summed E-state index contributed by atoms with van der Waals surface area (Å²) in [5.74, 6) is -0.735. The van der Waals surface area contributed by atoms with Crippen molar-refractivity contribution in [2.24, 2.45) is 0 Å². The van der Waals surface area contributed by atoms with E-state index in [1.165, 1.54) is 0 Å². The van der Waals surface area contributed by atoms with Gasteiger partial charge in [0.2, 0.25) is 5.91 Å². The number of para-hydroxylation sites is 1. The van der Waals surface area contributed by atoms with Crippen LogP contribution in [0.2, 0.25) is 0 Å². The Kier molecular flexibility index (Phi) is 6.21. The van der Waals surface area contributed by atoms with Crippen molar-refractivity contribution in [2.45, 2.75) is 39.0 Å². The number of ether oxygens (including phenoxy) is 1. The molecule has 1 amide bonds. The fourth-order valence-electron chi connectivity index (χ4n) is 1.87. The van der Waals surface area contributed by atoms with Gasteiger partial charge in [-0.15, -0.1) is 0 Å². The lowest BCUT2D eigenvalue weighted by Crippen LogP contribution is -2.30. The number of hydrogen-bond acceptors (Lipinski definition) is 4. The molecule has 1 N–H and O–H groups in total. The molecular formula is C16H22NO4-. The van der Waals surface area contributed by atoms with E-state index < -0.39 is 5.97 Å². The zero-order chi connectivity index (χ0) is 15.9. The molecule has 1 aromatic rings. The lowest BCUT2D eigenvalue weighted by Gasteiger charge is -2.22. The maximum absolute atomic E-state index is 11.3. The summed E-state index contributed by atoms with van der Waals surface area (Å²) < 4.78 is 5.70. The summed E-state index contributed by atoms with van der Waals surface area (Å²) in [7, 11) is 0. The van der Waals surface area contributed by atoms with Gasteiger partial charge in [-0.25, -0.2) is 0 Å². The fraction of sp³-hybridized carbons (Fsp3) is 0.500. The van der Waals surface area contributed by atoms with E-state index >= 15 is 0 Å². The number of carboxylic acid groups (broad SMARTS) is 1. The molecule has 1 rings (SSSR count). The quantitative estimate of drug-likeness (QED) is 0.761. The largest absolute Gasteiger partial charge is 0.550 e. The van der Waals surface area contributed by atoms with Crippen molar-refractivity contribution in [3.63, 3.8) is 0 Å². The molecule has 0 saturated carbocycles. The number of hydrogen-bond donors (Lipinski definition) is 1. The molecule has 0 heterocycles. The van der Waals surface area contributed by atoms with Crippen LogP contribution in [0.4, 0.5) is 0 Å². The van der Waals surface area contributed by atoms with Crippen molar-refractivity contribution >= 4 is 11.9 Å². The second-order valence-electron chi connectivity index (χ2n) is 5.82. The molecule has 0 aliphatic carbocycles. The number of aliphatic carboxylic acids is 1. The zero-order valence-electron chi connectivity index (χ0n) is 12.8. The SMILES string of the molecule is CC(C)(C)c1ccccc1OCCNC(=O)CCC(=O)[O-]. The number of amides is 1. The maximum atomic E-state index is 11.3. The van der Waals surface area contributed by atoms with Gasteiger partial charge in [-0.3, -0.25) is 4.79 Å². The molecule has 0 bridgehead atoms. The highest BCUT2D eigenvalue weighted by Crippen LogP contribution is 2.30. The van der Waals surface area contributed by atoms with Crippen LogP contribution >= 0.6 is 0 Å². The number of carbonyl (C=O) groups excluding carboxylic acids is 2. The third-order valence-electron chi connectivity index (χ3n) is 2.93. The van der Waals surface area contributed by atoms with Gasteiger partial charge in [0.25, 0.3) is 0 Å². The van der Waals surface area contributed by atoms with Crippen LogP contribution in [0.1, 0.15) is 39.2 Å². The van der Waals surface area contributed by atoms with E-state index in [9.17, 15) is 14.7 Å². The van der Waals surface area contributed by atoms with Crippen LogP contribution in [-0.4, -0.2) is 25.0 Å². The van der Waals surface area contributed by atoms with Crippen molar-refractivity contribution in [3.8, 4) is 5.75 Å². The van der Waals surface area contributed by atoms with E-state index in [4.69, 9.17) is 4.74 Å². The predicted molar refractivity (Wildman–Crippen MR) is 77.9 cm³/mol. The molecule has 0 atom stereocenters. The van der Waals surface area contributed by atoms with Crippen molar-refractivity contribution in [3.05, 3.63) is 29.8 Å². The molecule has 0 saturated heterocycles. The van der Waals surface area contributed by atoms with Gasteiger partial charge in [0.05, 0.1) is 6.54 Å². The minimum atomic E-state index is -1.22. The first-order valence-electron chi connectivity index (χ1n) is 6.99. The molecule has 0 radical (unpaired) electrons. The van der Waals surface area contributed by atoms with Crippen LogP contribution < -0.4 is 15.2 Å². The lowest BCUT2D eigenvalue weighted by atomic mass is 9.86. The van der Waals surface area contributed by atoms with Gasteiger partial charge in [-0.2, -0.15) is 0 Å². The normalized spacial score (nSPS) is 11.0. The summed E-state index contributed by atoms with van der Waals surface area (Å²) in [6.45, 7) is 7.00. The first kappa shape index (κ1) is 17.0. The number of carbonyl (C=O) groups is 2. The topological polar surface area (TPSA) is 78.5 Å². The molecule has 0 aromatic heterocycles. The Bertz CT molecular complexity index is 491. The average Bonchev–Trinajstić information content (AvgIpc) is 2.40. The summed E-state index contributed by atoms with van der Waals surface area (Å²) in [5.41, 5.74) is 1.09. The molecule has 5 nitrogen and oxygen atoms in total. The molecule has 1 aromatic carbocycles. The van der Waals surface area contributed by atoms with Crippen LogP contribution in [0.3, 0.4) is 0 Å². The van der Waals surface area contributed by atoms with Crippen LogP contribution in [0.15, 0.2) is 24.3 Å². The van der Waals surface area contributed by atoms with Gasteiger partial charge in [-0.1, -0.05) is 39.0 Å². The summed E-state index contributed by atoms with van der Waals surface area (Å²) in [6.07, 6.45) is -0.333. The van der Waals surface area contributed by atoms with Crippen LogP contribution in [-0.2, 0) is 15.0 Å². The number of benzene rings is 1. The molecule has 0 fully saturated rings. The van der Waals surface area contributed by atoms with Crippen molar-refractivity contribution in [2.75, 3.05) is 13.2 Å². The second kappa shape index (κ2) is 7.67. The third kappa shape index (κ3) is 6.29. The highest BCUT2D eigenvalue weighted by atomic mass is 16.5. The number of carboxylic acids is 1. The highest BCUT2D eigenvalue weighted by molar-refractivity contribution is 5.79. The summed E-state index contributed by atoms with van der Waals surface area (Å²) in [6, 6.07) is 7.80. The fourth-order valence-corrected chi connectivity index (χ4v) is 1.87. The molecule has 0 aliphatic heterocycles. The molecule has 0 spiro atoms. The predicted octanol–water partition coefficient (Wildman–Crippen LogP) is 1.01. The van der Waals surface area contributed by atoms with Crippen molar-refractivity contribution < 1.29 is 19.4 Å². The van der Waals surface area contributed by atoms with Crippen molar-refractivity contribution in [1.82, 2.24) is 5.32 Å². The lowest BCUT2D eigenvalue weighted by molar-refractivity contribution is -0.305. The number of rotatable bonds is 7. The van der Waals surface area contributed by atoms with Gasteiger partial charge in [0.15, 0.2) is 0 Å². The van der Waals surface area contributed by atoms with Gasteiger partial charge < -0.3 is 20.0 Å². The van der Waals surface area contributed by atoms with Crippen LogP contribution in [0.25, 0.3) is 0 Å². The molecule has 5 heteroatoms. The summed E-state index contributed by atoms with van der Waals surface area (Å²) in [5, 5.41) is 12.8. The van der Waals surface area contributed by atoms with Crippen LogP contribution in [0, 0.1) is 0 Å². The van der Waals surface area contributed by atoms with Crippen LogP contribution in [0.5, 0.6) is 5.75 Å². The Morgan fingerprint density at radius 1 is 1.19 bits per heavy atom. The minimum absolute atomic E-state index is 0.0195. The van der Waals surface area contributed by atoms with Gasteiger partial charge in [0.1, 0.15) is 12.4 Å². The standard InChI is InChI=1S/C16H23NO4/c1-16(2,3)12-6-4-5-7-13(12)21-11-10-17-14(18)8-9-15(19)20/h4-7H,8-11H2,1-3H3,(H,17,18)(H,19,20)/p-1. The Balaban J connectivity index is 2.40. The second-order valence-corrected chi connectivity index (χ2v) is 5.82. The Morgan fingerprint density at radius 2 is 1.86 bits per heavy atom. The molecule has 0 unspecified atom stereocenters. The maximum Gasteiger partial charge on any atom is 0.220 e. The monoisotopic (exact) mass is 292 g/mol. The third-order valence-corrected chi connectivity index (χ3v) is 2.93. The van der Waals surface area contributed by atoms with Gasteiger partial charge >= 0.3 is 0 Å². The summed E-state index contributed by atoms with van der Waals surface area (Å²) >= 11 is 0. The van der Waals surface area contributed by atoms with E-state index in [0.717, 1.165) is 11.3 Å². The Labute approximate surface area is 125 Å². The van der Waals surface area contributed by atoms with Crippen molar-refractivity contribution in [1.29, 1.82) is 0 Å². The smallest absolute Gasteiger partial charge is 0.220 e. The van der Waals surface area contributed by atoms with Gasteiger partial charge in [0, 0.05) is 12.4 Å². The Hall–Kier alpha value is -2.04. The first-order valence-corrected chi connectivity index (χ1v) is 6.99.